The van der Waals surface area contributed by atoms with E-state index in [9.17, 15) is 4.79 Å². The standard InChI is InChI=1S/C11H12Cl2N2O/c1-15(7-2-3-7)11(16)8-4-6(14)5-9(12)10(8)13/h4-5,7H,2-3,14H2,1H3. The highest BCUT2D eigenvalue weighted by Gasteiger charge is 2.31. The largest absolute Gasteiger partial charge is 0.399 e. The Bertz CT molecular complexity index is 444. The molecule has 0 unspecified atom stereocenters. The van der Waals surface area contributed by atoms with E-state index < -0.39 is 0 Å². The minimum atomic E-state index is -0.123. The summed E-state index contributed by atoms with van der Waals surface area (Å²) in [5, 5.41) is 0.586. The van der Waals surface area contributed by atoms with Crippen LogP contribution in [0.15, 0.2) is 12.1 Å². The van der Waals surface area contributed by atoms with E-state index in [0.29, 0.717) is 22.3 Å². The summed E-state index contributed by atoms with van der Waals surface area (Å²) < 4.78 is 0. The Balaban J connectivity index is 2.35. The van der Waals surface area contributed by atoms with Crippen molar-refractivity contribution in [1.29, 1.82) is 0 Å². The summed E-state index contributed by atoms with van der Waals surface area (Å²) in [5.74, 6) is -0.123. The van der Waals surface area contributed by atoms with Crippen molar-refractivity contribution < 1.29 is 4.79 Å². The number of halogens is 2. The third-order valence-electron chi connectivity index (χ3n) is 2.70. The summed E-state index contributed by atoms with van der Waals surface area (Å²) in [4.78, 5) is 13.8. The van der Waals surface area contributed by atoms with Crippen molar-refractivity contribution >= 4 is 34.8 Å². The van der Waals surface area contributed by atoms with Crippen molar-refractivity contribution in [3.8, 4) is 0 Å². The molecule has 86 valence electrons. The number of amides is 1. The average Bonchev–Trinajstić information content (AvgIpc) is 3.05. The van der Waals surface area contributed by atoms with Gasteiger partial charge in [-0.1, -0.05) is 23.2 Å². The molecule has 0 aromatic heterocycles. The third-order valence-corrected chi connectivity index (χ3v) is 3.50. The summed E-state index contributed by atoms with van der Waals surface area (Å²) >= 11 is 11.9. The van der Waals surface area contributed by atoms with Crippen molar-refractivity contribution in [3.63, 3.8) is 0 Å². The molecule has 0 aliphatic heterocycles. The Hall–Kier alpha value is -0.930. The van der Waals surface area contributed by atoms with Crippen LogP contribution in [0.4, 0.5) is 5.69 Å². The zero-order valence-corrected chi connectivity index (χ0v) is 10.3. The number of anilines is 1. The Morgan fingerprint density at radius 2 is 2.06 bits per heavy atom. The SMILES string of the molecule is CN(C(=O)c1cc(N)cc(Cl)c1Cl)C1CC1. The lowest BCUT2D eigenvalue weighted by Gasteiger charge is -2.17. The molecule has 0 bridgehead atoms. The highest BCUT2D eigenvalue weighted by Crippen LogP contribution is 2.32. The van der Waals surface area contributed by atoms with Gasteiger partial charge in [0.2, 0.25) is 0 Å². The van der Waals surface area contributed by atoms with Gasteiger partial charge in [-0.2, -0.15) is 0 Å². The molecule has 1 aromatic rings. The molecule has 0 heterocycles. The summed E-state index contributed by atoms with van der Waals surface area (Å²) in [6.07, 6.45) is 2.10. The second-order valence-corrected chi connectivity index (χ2v) is 4.80. The molecule has 0 saturated heterocycles. The van der Waals surface area contributed by atoms with E-state index in [1.165, 1.54) is 6.07 Å². The molecular formula is C11H12Cl2N2O. The summed E-state index contributed by atoms with van der Waals surface area (Å²) in [5.41, 5.74) is 6.47. The maximum atomic E-state index is 12.1. The Labute approximate surface area is 104 Å². The predicted octanol–water partition coefficient (Wildman–Crippen LogP) is 2.81. The van der Waals surface area contributed by atoms with Gasteiger partial charge in [-0.25, -0.2) is 0 Å². The van der Waals surface area contributed by atoms with E-state index >= 15 is 0 Å². The molecule has 16 heavy (non-hydrogen) atoms. The zero-order chi connectivity index (χ0) is 11.9. The van der Waals surface area contributed by atoms with Crippen LogP contribution in [-0.4, -0.2) is 23.9 Å². The van der Waals surface area contributed by atoms with Crippen molar-refractivity contribution in [2.24, 2.45) is 0 Å². The van der Waals surface area contributed by atoms with Gasteiger partial charge in [-0.15, -0.1) is 0 Å². The maximum absolute atomic E-state index is 12.1. The number of benzene rings is 1. The lowest BCUT2D eigenvalue weighted by Crippen LogP contribution is -2.29. The average molecular weight is 259 g/mol. The molecule has 0 radical (unpaired) electrons. The molecule has 2 rings (SSSR count). The number of nitrogen functional groups attached to an aromatic ring is 1. The predicted molar refractivity (Wildman–Crippen MR) is 66.0 cm³/mol. The molecule has 1 aliphatic rings. The third kappa shape index (κ3) is 2.11. The molecule has 2 N–H and O–H groups in total. The van der Waals surface area contributed by atoms with Gasteiger partial charge in [0.25, 0.3) is 5.91 Å². The van der Waals surface area contributed by atoms with Gasteiger partial charge in [0.1, 0.15) is 0 Å². The second kappa shape index (κ2) is 4.15. The van der Waals surface area contributed by atoms with Gasteiger partial charge in [0, 0.05) is 18.8 Å². The molecule has 1 aromatic carbocycles. The van der Waals surface area contributed by atoms with Crippen molar-refractivity contribution in [2.75, 3.05) is 12.8 Å². The highest BCUT2D eigenvalue weighted by atomic mass is 35.5. The molecule has 1 amide bonds. The van der Waals surface area contributed by atoms with Crippen LogP contribution < -0.4 is 5.73 Å². The number of rotatable bonds is 2. The van der Waals surface area contributed by atoms with Crippen LogP contribution in [0.25, 0.3) is 0 Å². The number of nitrogens with two attached hydrogens (primary N) is 1. The highest BCUT2D eigenvalue weighted by molar-refractivity contribution is 6.44. The topological polar surface area (TPSA) is 46.3 Å². The number of hydrogen-bond donors (Lipinski definition) is 1. The first kappa shape index (κ1) is 11.6. The first-order chi connectivity index (χ1) is 7.50. The lowest BCUT2D eigenvalue weighted by molar-refractivity contribution is 0.0785. The molecule has 0 spiro atoms. The van der Waals surface area contributed by atoms with E-state index in [-0.39, 0.29) is 10.9 Å². The molecular weight excluding hydrogens is 247 g/mol. The Kier molecular flexibility index (Phi) is 3.00. The monoisotopic (exact) mass is 258 g/mol. The van der Waals surface area contributed by atoms with Gasteiger partial charge >= 0.3 is 0 Å². The van der Waals surface area contributed by atoms with Crippen LogP contribution in [-0.2, 0) is 0 Å². The Morgan fingerprint density at radius 1 is 1.44 bits per heavy atom. The number of carbonyl (C=O) groups excluding carboxylic acids is 1. The van der Waals surface area contributed by atoms with Crippen LogP contribution >= 0.6 is 23.2 Å². The minimum absolute atomic E-state index is 0.123. The van der Waals surface area contributed by atoms with Gasteiger partial charge in [0.15, 0.2) is 0 Å². The second-order valence-electron chi connectivity index (χ2n) is 4.01. The van der Waals surface area contributed by atoms with Crippen LogP contribution in [0.1, 0.15) is 23.2 Å². The molecule has 0 atom stereocenters. The van der Waals surface area contributed by atoms with E-state index in [1.807, 2.05) is 0 Å². The van der Waals surface area contributed by atoms with Gasteiger partial charge in [0.05, 0.1) is 15.6 Å². The summed E-state index contributed by atoms with van der Waals surface area (Å²) in [7, 11) is 1.77. The van der Waals surface area contributed by atoms with Crippen LogP contribution in [0, 0.1) is 0 Å². The molecule has 5 heteroatoms. The molecule has 3 nitrogen and oxygen atoms in total. The maximum Gasteiger partial charge on any atom is 0.255 e. The fraction of sp³-hybridized carbons (Fsp3) is 0.364. The van der Waals surface area contributed by atoms with E-state index in [4.69, 9.17) is 28.9 Å². The van der Waals surface area contributed by atoms with Gasteiger partial charge in [-0.05, 0) is 25.0 Å². The fourth-order valence-electron chi connectivity index (χ4n) is 1.58. The summed E-state index contributed by atoms with van der Waals surface area (Å²) in [6, 6.07) is 3.44. The van der Waals surface area contributed by atoms with Crippen molar-refractivity contribution in [2.45, 2.75) is 18.9 Å². The quantitative estimate of drug-likeness (QED) is 0.830. The van der Waals surface area contributed by atoms with Gasteiger partial charge < -0.3 is 10.6 Å². The smallest absolute Gasteiger partial charge is 0.255 e. The van der Waals surface area contributed by atoms with E-state index in [2.05, 4.69) is 0 Å². The van der Waals surface area contributed by atoms with Crippen LogP contribution in [0.2, 0.25) is 10.0 Å². The molecule has 1 aliphatic carbocycles. The first-order valence-corrected chi connectivity index (χ1v) is 5.78. The zero-order valence-electron chi connectivity index (χ0n) is 8.84. The fourth-order valence-corrected chi connectivity index (χ4v) is 2.00. The number of carbonyl (C=O) groups is 1. The lowest BCUT2D eigenvalue weighted by atomic mass is 10.1. The normalized spacial score (nSPS) is 14.9. The van der Waals surface area contributed by atoms with Crippen molar-refractivity contribution in [3.05, 3.63) is 27.7 Å². The van der Waals surface area contributed by atoms with Gasteiger partial charge in [-0.3, -0.25) is 4.79 Å². The first-order valence-electron chi connectivity index (χ1n) is 5.02. The summed E-state index contributed by atoms with van der Waals surface area (Å²) in [6.45, 7) is 0. The van der Waals surface area contributed by atoms with E-state index in [0.717, 1.165) is 12.8 Å². The molecule has 1 saturated carbocycles. The number of hydrogen-bond acceptors (Lipinski definition) is 2. The van der Waals surface area contributed by atoms with E-state index in [1.54, 1.807) is 18.0 Å². The van der Waals surface area contributed by atoms with Crippen LogP contribution in [0.5, 0.6) is 0 Å². The minimum Gasteiger partial charge on any atom is -0.399 e. The van der Waals surface area contributed by atoms with Crippen molar-refractivity contribution in [1.82, 2.24) is 4.90 Å². The number of nitrogens with zero attached hydrogens (tertiary/aromatic N) is 1. The Morgan fingerprint density at radius 3 is 2.62 bits per heavy atom. The van der Waals surface area contributed by atoms with Crippen LogP contribution in [0.3, 0.4) is 0 Å². The molecule has 1 fully saturated rings.